The second kappa shape index (κ2) is 8.31. The van der Waals surface area contributed by atoms with E-state index in [1.165, 1.54) is 17.8 Å². The Balaban J connectivity index is 1.58. The van der Waals surface area contributed by atoms with Crippen LogP contribution in [0.5, 0.6) is 0 Å². The summed E-state index contributed by atoms with van der Waals surface area (Å²) in [5.74, 6) is 0.455. The zero-order chi connectivity index (χ0) is 20.4. The second-order valence-electron chi connectivity index (χ2n) is 6.68. The van der Waals surface area contributed by atoms with Crippen molar-refractivity contribution in [1.29, 1.82) is 0 Å². The van der Waals surface area contributed by atoms with E-state index in [0.29, 0.717) is 28.1 Å². The first-order valence-corrected chi connectivity index (χ1v) is 10.4. The van der Waals surface area contributed by atoms with Crippen molar-refractivity contribution >= 4 is 34.3 Å². The van der Waals surface area contributed by atoms with Crippen LogP contribution in [0.4, 0.5) is 0 Å². The third kappa shape index (κ3) is 4.31. The Morgan fingerprint density at radius 3 is 2.76 bits per heavy atom. The van der Waals surface area contributed by atoms with E-state index in [9.17, 15) is 9.59 Å². The molecular weight excluding hydrogens is 410 g/mol. The number of hydrogen-bond acceptors (Lipinski definition) is 5. The van der Waals surface area contributed by atoms with Gasteiger partial charge in [0.05, 0.1) is 0 Å². The summed E-state index contributed by atoms with van der Waals surface area (Å²) in [5.41, 5.74) is 2.60. The number of benzene rings is 2. The van der Waals surface area contributed by atoms with Crippen molar-refractivity contribution in [3.8, 4) is 0 Å². The lowest BCUT2D eigenvalue weighted by Crippen LogP contribution is -2.18. The van der Waals surface area contributed by atoms with E-state index < -0.39 is 5.63 Å². The van der Waals surface area contributed by atoms with Crippen LogP contribution < -0.4 is 11.3 Å². The van der Waals surface area contributed by atoms with Gasteiger partial charge in [-0.25, -0.2) is 14.7 Å². The predicted molar refractivity (Wildman–Crippen MR) is 115 cm³/mol. The van der Waals surface area contributed by atoms with Crippen LogP contribution in [0.25, 0.3) is 11.0 Å². The highest BCUT2D eigenvalue weighted by Crippen LogP contribution is 2.28. The van der Waals surface area contributed by atoms with Gasteiger partial charge in [-0.15, -0.1) is 5.10 Å². The van der Waals surface area contributed by atoms with Crippen LogP contribution in [0.2, 0.25) is 5.02 Å². The molecule has 29 heavy (non-hydrogen) atoms. The number of nitrogens with zero attached hydrogens (tertiary/aromatic N) is 2. The van der Waals surface area contributed by atoms with E-state index in [1.54, 1.807) is 16.7 Å². The van der Waals surface area contributed by atoms with Gasteiger partial charge in [0, 0.05) is 28.8 Å². The summed E-state index contributed by atoms with van der Waals surface area (Å²) in [6, 6.07) is 15.0. The third-order valence-corrected chi connectivity index (χ3v) is 6.09. The summed E-state index contributed by atoms with van der Waals surface area (Å²) in [4.78, 5) is 24.1. The molecule has 0 spiro atoms. The fourth-order valence-corrected chi connectivity index (χ4v) is 4.23. The lowest BCUT2D eigenvalue weighted by molar-refractivity contribution is 0.559. The fourth-order valence-electron chi connectivity index (χ4n) is 3.11. The van der Waals surface area contributed by atoms with Crippen LogP contribution in [-0.2, 0) is 18.7 Å². The third-order valence-electron chi connectivity index (χ3n) is 4.66. The lowest BCUT2D eigenvalue weighted by atomic mass is 10.1. The van der Waals surface area contributed by atoms with Gasteiger partial charge < -0.3 is 4.42 Å². The number of H-pyrrole nitrogens is 1. The topological polar surface area (TPSA) is 80.9 Å². The Labute approximate surface area is 175 Å². The molecule has 0 aliphatic carbocycles. The summed E-state index contributed by atoms with van der Waals surface area (Å²) in [7, 11) is 0. The standard InChI is InChI=1S/C21H18ClN3O3S/c1-13-9-18-16(11-17(13)22)15(10-19(26)28-18)12-29-21-24-23-20(27)25(21)8-7-14-5-3-2-4-6-14/h2-6,9-11H,7-8,12H2,1H3,(H,23,27). The molecule has 0 saturated carbocycles. The van der Waals surface area contributed by atoms with Crippen LogP contribution in [0.1, 0.15) is 16.7 Å². The van der Waals surface area contributed by atoms with E-state index in [2.05, 4.69) is 10.2 Å². The number of aryl methyl sites for hydroxylation is 2. The molecule has 6 nitrogen and oxygen atoms in total. The van der Waals surface area contributed by atoms with Gasteiger partial charge in [0.15, 0.2) is 5.16 Å². The molecule has 2 heterocycles. The SMILES string of the molecule is Cc1cc2oc(=O)cc(CSc3n[nH]c(=O)n3CCc3ccccc3)c2cc1Cl. The summed E-state index contributed by atoms with van der Waals surface area (Å²) in [6.45, 7) is 2.38. The monoisotopic (exact) mass is 427 g/mol. The number of hydrogen-bond donors (Lipinski definition) is 1. The molecule has 0 radical (unpaired) electrons. The highest BCUT2D eigenvalue weighted by Gasteiger charge is 2.13. The normalized spacial score (nSPS) is 11.2. The molecule has 2 aromatic heterocycles. The van der Waals surface area contributed by atoms with Crippen molar-refractivity contribution in [3.63, 3.8) is 0 Å². The number of aromatic amines is 1. The summed E-state index contributed by atoms with van der Waals surface area (Å²) in [5, 5.41) is 8.61. The predicted octanol–water partition coefficient (Wildman–Crippen LogP) is 4.17. The van der Waals surface area contributed by atoms with Gasteiger partial charge in [-0.1, -0.05) is 53.7 Å². The molecule has 0 aliphatic heterocycles. The van der Waals surface area contributed by atoms with Gasteiger partial charge in [-0.3, -0.25) is 4.57 Å². The Morgan fingerprint density at radius 1 is 1.17 bits per heavy atom. The Kier molecular flexibility index (Phi) is 5.60. The van der Waals surface area contributed by atoms with Crippen molar-refractivity contribution < 1.29 is 4.42 Å². The Morgan fingerprint density at radius 2 is 1.97 bits per heavy atom. The van der Waals surface area contributed by atoms with Gasteiger partial charge in [-0.2, -0.15) is 0 Å². The zero-order valence-corrected chi connectivity index (χ0v) is 17.2. The van der Waals surface area contributed by atoms with Gasteiger partial charge in [0.25, 0.3) is 0 Å². The molecule has 0 atom stereocenters. The van der Waals surface area contributed by atoms with Crippen LogP contribution in [0.15, 0.2) is 67.7 Å². The van der Waals surface area contributed by atoms with Gasteiger partial charge >= 0.3 is 11.3 Å². The molecule has 148 valence electrons. The Bertz CT molecular complexity index is 1280. The molecule has 0 saturated heterocycles. The number of halogens is 1. The zero-order valence-electron chi connectivity index (χ0n) is 15.6. The quantitative estimate of drug-likeness (QED) is 0.369. The average Bonchev–Trinajstić information content (AvgIpc) is 3.06. The van der Waals surface area contributed by atoms with Crippen molar-refractivity contribution in [2.75, 3.05) is 0 Å². The molecule has 4 aromatic rings. The van der Waals surface area contributed by atoms with Crippen molar-refractivity contribution in [1.82, 2.24) is 14.8 Å². The van der Waals surface area contributed by atoms with E-state index in [0.717, 1.165) is 28.5 Å². The van der Waals surface area contributed by atoms with E-state index in [-0.39, 0.29) is 5.69 Å². The average molecular weight is 428 g/mol. The molecule has 1 N–H and O–H groups in total. The maximum atomic E-state index is 12.2. The van der Waals surface area contributed by atoms with Crippen molar-refractivity contribution in [2.24, 2.45) is 0 Å². The fraction of sp³-hybridized carbons (Fsp3) is 0.190. The summed E-state index contributed by atoms with van der Waals surface area (Å²) >= 11 is 7.64. The first kappa shape index (κ1) is 19.5. The number of rotatable bonds is 6. The molecule has 4 rings (SSSR count). The first-order chi connectivity index (χ1) is 14.0. The highest BCUT2D eigenvalue weighted by atomic mass is 35.5. The molecule has 0 amide bonds. The van der Waals surface area contributed by atoms with Crippen LogP contribution >= 0.6 is 23.4 Å². The molecule has 2 aromatic carbocycles. The number of nitrogens with one attached hydrogen (secondary N) is 1. The minimum Gasteiger partial charge on any atom is -0.423 e. The minimum absolute atomic E-state index is 0.250. The maximum Gasteiger partial charge on any atom is 0.343 e. The van der Waals surface area contributed by atoms with Crippen LogP contribution in [0.3, 0.4) is 0 Å². The molecule has 0 fully saturated rings. The van der Waals surface area contributed by atoms with Crippen molar-refractivity contribution in [2.45, 2.75) is 30.8 Å². The van der Waals surface area contributed by atoms with E-state index in [1.807, 2.05) is 37.3 Å². The second-order valence-corrected chi connectivity index (χ2v) is 8.03. The molecule has 8 heteroatoms. The van der Waals surface area contributed by atoms with Gasteiger partial charge in [0.1, 0.15) is 5.58 Å². The largest absolute Gasteiger partial charge is 0.423 e. The maximum absolute atomic E-state index is 12.2. The highest BCUT2D eigenvalue weighted by molar-refractivity contribution is 7.98. The first-order valence-electron chi connectivity index (χ1n) is 9.06. The molecule has 0 unspecified atom stereocenters. The van der Waals surface area contributed by atoms with Gasteiger partial charge in [-0.05, 0) is 42.2 Å². The molecular formula is C21H18ClN3O3S. The van der Waals surface area contributed by atoms with Crippen LogP contribution in [-0.4, -0.2) is 14.8 Å². The van der Waals surface area contributed by atoms with Gasteiger partial charge in [0.2, 0.25) is 0 Å². The summed E-state index contributed by atoms with van der Waals surface area (Å²) in [6.07, 6.45) is 0.723. The molecule has 0 aliphatic rings. The van der Waals surface area contributed by atoms with Crippen molar-refractivity contribution in [3.05, 3.63) is 91.1 Å². The summed E-state index contributed by atoms with van der Waals surface area (Å²) < 4.78 is 6.92. The van der Waals surface area contributed by atoms with Crippen LogP contribution in [0, 0.1) is 6.92 Å². The number of thioether (sulfide) groups is 1. The van der Waals surface area contributed by atoms with E-state index in [4.69, 9.17) is 16.0 Å². The minimum atomic E-state index is -0.418. The Hall–Kier alpha value is -2.77. The van der Waals surface area contributed by atoms with E-state index >= 15 is 0 Å². The number of aromatic nitrogens is 3. The lowest BCUT2D eigenvalue weighted by Gasteiger charge is -2.08. The number of fused-ring (bicyclic) bond motifs is 1. The smallest absolute Gasteiger partial charge is 0.343 e. The molecule has 0 bridgehead atoms.